The van der Waals surface area contributed by atoms with Crippen molar-refractivity contribution in [2.45, 2.75) is 39.5 Å². The van der Waals surface area contributed by atoms with Gasteiger partial charge in [-0.1, -0.05) is 51.0 Å². The van der Waals surface area contributed by atoms with Crippen molar-refractivity contribution in [2.75, 3.05) is 11.5 Å². The quantitative estimate of drug-likeness (QED) is 0.368. The number of nitrogens with zero attached hydrogens (tertiary/aromatic N) is 2. The first-order valence-corrected chi connectivity index (χ1v) is 11.9. The van der Waals surface area contributed by atoms with Crippen molar-refractivity contribution in [3.63, 3.8) is 0 Å². The number of hydrogen-bond donors (Lipinski definition) is 0. The summed E-state index contributed by atoms with van der Waals surface area (Å²) in [6.45, 7) is 3.99. The van der Waals surface area contributed by atoms with E-state index in [4.69, 9.17) is 0 Å². The molecule has 30 heavy (non-hydrogen) atoms. The van der Waals surface area contributed by atoms with Crippen molar-refractivity contribution < 1.29 is 18.7 Å². The Morgan fingerprint density at radius 3 is 1.93 bits per heavy atom. The zero-order valence-corrected chi connectivity index (χ0v) is 17.9. The molecule has 0 amide bonds. The number of fused-ring (bicyclic) bond motifs is 2. The molecule has 2 aromatic rings. The van der Waals surface area contributed by atoms with E-state index < -0.39 is 31.9 Å². The van der Waals surface area contributed by atoms with Gasteiger partial charge >= 0.3 is 0 Å². The summed E-state index contributed by atoms with van der Waals surface area (Å²) in [7, 11) is -2.66. The van der Waals surface area contributed by atoms with Crippen LogP contribution >= 0.6 is 0 Å². The Morgan fingerprint density at radius 1 is 0.900 bits per heavy atom. The first kappa shape index (κ1) is 21.8. The van der Waals surface area contributed by atoms with E-state index in [9.17, 15) is 23.9 Å². The largest absolute Gasteiger partial charge is 0.288 e. The molecule has 0 bridgehead atoms. The minimum absolute atomic E-state index is 0.0978. The second kappa shape index (κ2) is 8.87. The summed E-state index contributed by atoms with van der Waals surface area (Å²) in [5.41, 5.74) is -0.411. The van der Waals surface area contributed by atoms with Crippen LogP contribution in [0.15, 0.2) is 40.8 Å². The molecule has 0 radical (unpaired) electrons. The van der Waals surface area contributed by atoms with Crippen LogP contribution in [0.3, 0.4) is 0 Å². The van der Waals surface area contributed by atoms with Crippen LogP contribution < -0.4 is 0 Å². The van der Waals surface area contributed by atoms with Gasteiger partial charge in [-0.05, 0) is 18.9 Å². The van der Waals surface area contributed by atoms with Crippen molar-refractivity contribution in [3.05, 3.63) is 68.8 Å². The smallest absolute Gasteiger partial charge is 0.281 e. The molecule has 1 aliphatic carbocycles. The highest BCUT2D eigenvalue weighted by molar-refractivity contribution is 7.93. The minimum atomic E-state index is -2.66. The number of ketones is 2. The van der Waals surface area contributed by atoms with Crippen molar-refractivity contribution in [3.8, 4) is 0 Å². The van der Waals surface area contributed by atoms with Gasteiger partial charge in [-0.2, -0.15) is 4.36 Å². The summed E-state index contributed by atoms with van der Waals surface area (Å²) in [4.78, 5) is 37.2. The van der Waals surface area contributed by atoms with E-state index in [2.05, 4.69) is 4.36 Å². The van der Waals surface area contributed by atoms with Gasteiger partial charge in [-0.15, -0.1) is 0 Å². The Hall–Kier alpha value is -2.87. The topological polar surface area (TPSA) is 107 Å². The van der Waals surface area contributed by atoms with E-state index in [0.717, 1.165) is 25.7 Å². The Labute approximate surface area is 175 Å². The van der Waals surface area contributed by atoms with Gasteiger partial charge in [-0.3, -0.25) is 19.7 Å². The van der Waals surface area contributed by atoms with Crippen LogP contribution in [0, 0.1) is 10.1 Å². The van der Waals surface area contributed by atoms with Gasteiger partial charge < -0.3 is 0 Å². The predicted octanol–water partition coefficient (Wildman–Crippen LogP) is 5.07. The molecule has 0 saturated heterocycles. The number of carbonyl (C=O) groups is 2. The van der Waals surface area contributed by atoms with Gasteiger partial charge in [0.05, 0.1) is 25.9 Å². The standard InChI is InChI=1S/C22H24N2O5S/c1-3-5-13-30(29,14-6-4-2)23-17-11-12-18(24(27)28)20-19(17)21(25)15-9-7-8-10-16(15)22(20)26/h7-12H,3-6,13-14H2,1-2H3. The van der Waals surface area contributed by atoms with Crippen LogP contribution in [-0.2, 0) is 9.73 Å². The first-order valence-electron chi connectivity index (χ1n) is 10.0. The lowest BCUT2D eigenvalue weighted by Crippen LogP contribution is -2.22. The molecule has 158 valence electrons. The summed E-state index contributed by atoms with van der Waals surface area (Å²) in [5.74, 6) is -0.324. The highest BCUT2D eigenvalue weighted by atomic mass is 32.2. The van der Waals surface area contributed by atoms with Crippen LogP contribution in [-0.4, -0.2) is 32.2 Å². The van der Waals surface area contributed by atoms with Gasteiger partial charge in [0.15, 0.2) is 5.78 Å². The van der Waals surface area contributed by atoms with Gasteiger partial charge in [0, 0.05) is 28.7 Å². The van der Waals surface area contributed by atoms with Crippen molar-refractivity contribution >= 4 is 32.7 Å². The minimum Gasteiger partial charge on any atom is -0.288 e. The first-order chi connectivity index (χ1) is 14.3. The molecule has 3 rings (SSSR count). The molecule has 7 nitrogen and oxygen atoms in total. The lowest BCUT2D eigenvalue weighted by molar-refractivity contribution is -0.385. The molecule has 1 aliphatic rings. The predicted molar refractivity (Wildman–Crippen MR) is 116 cm³/mol. The summed E-state index contributed by atoms with van der Waals surface area (Å²) in [6, 6.07) is 8.76. The average molecular weight is 429 g/mol. The molecule has 0 spiro atoms. The zero-order valence-electron chi connectivity index (χ0n) is 17.1. The van der Waals surface area contributed by atoms with E-state index in [0.29, 0.717) is 11.5 Å². The highest BCUT2D eigenvalue weighted by Gasteiger charge is 2.37. The molecule has 0 aliphatic heterocycles. The fourth-order valence-corrected chi connectivity index (χ4v) is 5.91. The van der Waals surface area contributed by atoms with E-state index in [1.807, 2.05) is 13.8 Å². The van der Waals surface area contributed by atoms with Gasteiger partial charge in [0.1, 0.15) is 5.56 Å². The molecular formula is C22H24N2O5S. The Morgan fingerprint density at radius 2 is 1.43 bits per heavy atom. The normalized spacial score (nSPS) is 13.0. The van der Waals surface area contributed by atoms with Gasteiger partial charge in [0.2, 0.25) is 5.78 Å². The van der Waals surface area contributed by atoms with Crippen LogP contribution in [0.25, 0.3) is 0 Å². The Balaban J connectivity index is 2.28. The molecule has 0 aromatic heterocycles. The summed E-state index contributed by atoms with van der Waals surface area (Å²) in [6.07, 6.45) is 3.14. The third-order valence-corrected chi connectivity index (χ3v) is 7.51. The summed E-state index contributed by atoms with van der Waals surface area (Å²) in [5, 5.41) is 11.6. The monoisotopic (exact) mass is 428 g/mol. The van der Waals surface area contributed by atoms with Crippen LogP contribution in [0.4, 0.5) is 11.4 Å². The maximum atomic E-state index is 13.5. The van der Waals surface area contributed by atoms with Crippen molar-refractivity contribution in [1.82, 2.24) is 0 Å². The Kier molecular flexibility index (Phi) is 6.45. The van der Waals surface area contributed by atoms with Crippen LogP contribution in [0.2, 0.25) is 0 Å². The number of nitro groups is 1. The highest BCUT2D eigenvalue weighted by Crippen LogP contribution is 2.39. The summed E-state index contributed by atoms with van der Waals surface area (Å²) >= 11 is 0. The van der Waals surface area contributed by atoms with E-state index in [-0.39, 0.29) is 27.9 Å². The average Bonchev–Trinajstić information content (AvgIpc) is 2.74. The molecule has 2 aromatic carbocycles. The number of hydrogen-bond acceptors (Lipinski definition) is 6. The van der Waals surface area contributed by atoms with Crippen LogP contribution in [0.5, 0.6) is 0 Å². The van der Waals surface area contributed by atoms with Gasteiger partial charge in [-0.25, -0.2) is 4.21 Å². The molecule has 0 heterocycles. The number of benzene rings is 2. The maximum absolute atomic E-state index is 13.5. The second-order valence-corrected chi connectivity index (χ2v) is 9.84. The SMILES string of the molecule is CCCCS(=O)(CCCC)=Nc1ccc([N+](=O)[O-])c2c1C(=O)c1ccccc1C2=O. The van der Waals surface area contributed by atoms with Crippen molar-refractivity contribution in [2.24, 2.45) is 4.36 Å². The molecule has 0 unspecified atom stereocenters. The fraction of sp³-hybridized carbons (Fsp3) is 0.364. The maximum Gasteiger partial charge on any atom is 0.281 e. The zero-order chi connectivity index (χ0) is 21.9. The molecule has 0 atom stereocenters. The lowest BCUT2D eigenvalue weighted by atomic mass is 9.82. The summed E-state index contributed by atoms with van der Waals surface area (Å²) < 4.78 is 18.0. The number of rotatable bonds is 8. The lowest BCUT2D eigenvalue weighted by Gasteiger charge is -2.19. The number of carbonyl (C=O) groups excluding carboxylic acids is 2. The fourth-order valence-electron chi connectivity index (χ4n) is 3.53. The molecule has 0 fully saturated rings. The molecule has 8 heteroatoms. The van der Waals surface area contributed by atoms with E-state index in [1.54, 1.807) is 12.1 Å². The number of nitro benzene ring substituents is 1. The molecule has 0 saturated carbocycles. The molecular weight excluding hydrogens is 404 g/mol. The molecule has 0 N–H and O–H groups in total. The Bertz CT molecular complexity index is 1130. The third kappa shape index (κ3) is 4.05. The number of unbranched alkanes of at least 4 members (excludes halogenated alkanes) is 2. The van der Waals surface area contributed by atoms with E-state index in [1.165, 1.54) is 24.3 Å². The second-order valence-electron chi connectivity index (χ2n) is 7.29. The van der Waals surface area contributed by atoms with Crippen molar-refractivity contribution in [1.29, 1.82) is 0 Å². The third-order valence-electron chi connectivity index (χ3n) is 5.13. The van der Waals surface area contributed by atoms with Crippen LogP contribution in [0.1, 0.15) is 71.4 Å². The van der Waals surface area contributed by atoms with E-state index >= 15 is 0 Å². The van der Waals surface area contributed by atoms with Gasteiger partial charge in [0.25, 0.3) is 5.69 Å².